The molecular formula is C26H26N2O4. The second kappa shape index (κ2) is 10.4. The summed E-state index contributed by atoms with van der Waals surface area (Å²) in [5.74, 6) is -0.0774. The van der Waals surface area contributed by atoms with Crippen molar-refractivity contribution in [1.29, 1.82) is 0 Å². The first kappa shape index (κ1) is 22.7. The molecule has 0 aliphatic carbocycles. The third-order valence-corrected chi connectivity index (χ3v) is 4.94. The predicted molar refractivity (Wildman–Crippen MR) is 125 cm³/mol. The number of carboxylic acids is 1. The maximum absolute atomic E-state index is 12.3. The number of aromatic carboxylic acids is 1. The Morgan fingerprint density at radius 3 is 2.28 bits per heavy atom. The van der Waals surface area contributed by atoms with Crippen molar-refractivity contribution in [3.63, 3.8) is 0 Å². The monoisotopic (exact) mass is 430 g/mol. The molecule has 0 atom stereocenters. The van der Waals surface area contributed by atoms with E-state index < -0.39 is 5.97 Å². The van der Waals surface area contributed by atoms with Crippen molar-refractivity contribution in [2.45, 2.75) is 33.3 Å². The van der Waals surface area contributed by atoms with Gasteiger partial charge < -0.3 is 9.84 Å². The first-order chi connectivity index (χ1) is 15.3. The van der Waals surface area contributed by atoms with Crippen molar-refractivity contribution in [1.82, 2.24) is 5.43 Å². The van der Waals surface area contributed by atoms with E-state index in [1.54, 1.807) is 24.3 Å². The Morgan fingerprint density at radius 2 is 1.66 bits per heavy atom. The summed E-state index contributed by atoms with van der Waals surface area (Å²) in [5.41, 5.74) is 7.10. The van der Waals surface area contributed by atoms with Crippen LogP contribution in [-0.2, 0) is 6.61 Å². The number of aryl methyl sites for hydroxylation is 1. The van der Waals surface area contributed by atoms with Crippen molar-refractivity contribution < 1.29 is 19.4 Å². The molecule has 0 spiro atoms. The molecule has 164 valence electrons. The van der Waals surface area contributed by atoms with Crippen LogP contribution < -0.4 is 10.2 Å². The third kappa shape index (κ3) is 6.04. The zero-order valence-electron chi connectivity index (χ0n) is 18.3. The lowest BCUT2D eigenvalue weighted by molar-refractivity contribution is 0.0696. The van der Waals surface area contributed by atoms with Gasteiger partial charge in [-0.25, -0.2) is 10.2 Å². The maximum atomic E-state index is 12.3. The Hall–Kier alpha value is -3.93. The van der Waals surface area contributed by atoms with Crippen LogP contribution in [0, 0.1) is 6.92 Å². The number of hydrazone groups is 1. The van der Waals surface area contributed by atoms with E-state index in [1.807, 2.05) is 25.1 Å². The molecule has 6 heteroatoms. The van der Waals surface area contributed by atoms with Gasteiger partial charge in [-0.3, -0.25) is 4.79 Å². The molecule has 0 aromatic heterocycles. The number of nitrogens with zero attached hydrogens (tertiary/aromatic N) is 1. The first-order valence-electron chi connectivity index (χ1n) is 10.3. The van der Waals surface area contributed by atoms with Gasteiger partial charge in [0.05, 0.1) is 11.8 Å². The van der Waals surface area contributed by atoms with E-state index in [9.17, 15) is 9.59 Å². The fourth-order valence-electron chi connectivity index (χ4n) is 3.10. The van der Waals surface area contributed by atoms with Gasteiger partial charge in [0.2, 0.25) is 0 Å². The molecule has 0 unspecified atom stereocenters. The summed E-state index contributed by atoms with van der Waals surface area (Å²) >= 11 is 0. The molecule has 32 heavy (non-hydrogen) atoms. The predicted octanol–water partition coefficient (Wildman–Crippen LogP) is 5.16. The number of carbonyl (C=O) groups excluding carboxylic acids is 1. The van der Waals surface area contributed by atoms with Crippen LogP contribution in [0.4, 0.5) is 0 Å². The molecule has 0 aliphatic heterocycles. The molecule has 0 fully saturated rings. The number of amides is 1. The second-order valence-corrected chi connectivity index (χ2v) is 7.81. The van der Waals surface area contributed by atoms with Crippen LogP contribution in [0.25, 0.3) is 0 Å². The molecule has 0 aliphatic rings. The summed E-state index contributed by atoms with van der Waals surface area (Å²) in [4.78, 5) is 23.2. The molecule has 0 bridgehead atoms. The molecule has 3 aromatic carbocycles. The van der Waals surface area contributed by atoms with Crippen molar-refractivity contribution in [3.8, 4) is 5.75 Å². The molecule has 2 N–H and O–H groups in total. The summed E-state index contributed by atoms with van der Waals surface area (Å²) in [6.45, 7) is 6.73. The highest BCUT2D eigenvalue weighted by Gasteiger charge is 2.09. The van der Waals surface area contributed by atoms with Crippen molar-refractivity contribution in [3.05, 3.63) is 100 Å². The number of rotatable bonds is 8. The zero-order chi connectivity index (χ0) is 23.1. The number of carboxylic acid groups (broad SMARTS) is 1. The lowest BCUT2D eigenvalue weighted by atomic mass is 10.0. The van der Waals surface area contributed by atoms with Crippen LogP contribution in [0.3, 0.4) is 0 Å². The fraction of sp³-hybridized carbons (Fsp3) is 0.192. The summed E-state index contributed by atoms with van der Waals surface area (Å²) in [7, 11) is 0. The summed E-state index contributed by atoms with van der Waals surface area (Å²) in [6, 6.07) is 19.6. The third-order valence-electron chi connectivity index (χ3n) is 4.94. The largest absolute Gasteiger partial charge is 0.489 e. The van der Waals surface area contributed by atoms with Gasteiger partial charge in [0, 0.05) is 5.56 Å². The van der Waals surface area contributed by atoms with Crippen LogP contribution >= 0.6 is 0 Å². The average molecular weight is 431 g/mol. The Balaban J connectivity index is 1.56. The minimum atomic E-state index is -0.991. The first-order valence-corrected chi connectivity index (χ1v) is 10.3. The summed E-state index contributed by atoms with van der Waals surface area (Å²) < 4.78 is 6.04. The standard InChI is InChI=1S/C26H26N2O4/c1-17(2)23-13-4-18(3)14-24(23)32-16-20-7-9-21(10-8-20)25(29)28-27-15-19-5-11-22(12-6-19)26(30)31/h4-15,17H,16H2,1-3H3,(H,28,29)(H,30,31)/b27-15-. The van der Waals surface area contributed by atoms with E-state index in [-0.39, 0.29) is 11.5 Å². The van der Waals surface area contributed by atoms with Crippen molar-refractivity contribution in [2.24, 2.45) is 5.10 Å². The lowest BCUT2D eigenvalue weighted by Crippen LogP contribution is -2.17. The highest BCUT2D eigenvalue weighted by Crippen LogP contribution is 2.28. The van der Waals surface area contributed by atoms with Gasteiger partial charge in [-0.05, 0) is 65.4 Å². The van der Waals surface area contributed by atoms with Gasteiger partial charge in [0.25, 0.3) is 5.91 Å². The number of hydrogen-bond acceptors (Lipinski definition) is 4. The molecular weight excluding hydrogens is 404 g/mol. The van der Waals surface area contributed by atoms with Crippen LogP contribution in [0.15, 0.2) is 71.8 Å². The number of hydrogen-bond donors (Lipinski definition) is 2. The summed E-state index contributed by atoms with van der Waals surface area (Å²) in [5, 5.41) is 12.8. The Labute approximate surface area is 187 Å². The normalized spacial score (nSPS) is 11.0. The number of ether oxygens (including phenoxy) is 1. The maximum Gasteiger partial charge on any atom is 0.335 e. The fourth-order valence-corrected chi connectivity index (χ4v) is 3.10. The molecule has 0 heterocycles. The van der Waals surface area contributed by atoms with Crippen LogP contribution in [-0.4, -0.2) is 23.2 Å². The smallest absolute Gasteiger partial charge is 0.335 e. The summed E-state index contributed by atoms with van der Waals surface area (Å²) in [6.07, 6.45) is 1.46. The Kier molecular flexibility index (Phi) is 7.39. The Bertz CT molecular complexity index is 1120. The number of benzene rings is 3. The van der Waals surface area contributed by atoms with Crippen LogP contribution in [0.2, 0.25) is 0 Å². The highest BCUT2D eigenvalue weighted by atomic mass is 16.5. The SMILES string of the molecule is Cc1ccc(C(C)C)c(OCc2ccc(C(=O)N/N=C\c3ccc(C(=O)O)cc3)cc2)c1. The molecule has 0 radical (unpaired) electrons. The average Bonchev–Trinajstić information content (AvgIpc) is 2.78. The van der Waals surface area contributed by atoms with Gasteiger partial charge in [-0.2, -0.15) is 5.10 Å². The van der Waals surface area contributed by atoms with Crippen LogP contribution in [0.5, 0.6) is 5.75 Å². The molecule has 1 amide bonds. The van der Waals surface area contributed by atoms with E-state index in [1.165, 1.54) is 23.9 Å². The topological polar surface area (TPSA) is 88.0 Å². The molecule has 0 saturated carbocycles. The minimum Gasteiger partial charge on any atom is -0.489 e. The molecule has 3 rings (SSSR count). The van der Waals surface area contributed by atoms with E-state index in [4.69, 9.17) is 9.84 Å². The second-order valence-electron chi connectivity index (χ2n) is 7.81. The minimum absolute atomic E-state index is 0.193. The van der Waals surface area contributed by atoms with Gasteiger partial charge in [-0.15, -0.1) is 0 Å². The van der Waals surface area contributed by atoms with Gasteiger partial charge >= 0.3 is 5.97 Å². The van der Waals surface area contributed by atoms with Gasteiger partial charge in [-0.1, -0.05) is 50.2 Å². The number of carbonyl (C=O) groups is 2. The molecule has 3 aromatic rings. The van der Waals surface area contributed by atoms with Crippen LogP contribution in [0.1, 0.15) is 62.7 Å². The van der Waals surface area contributed by atoms with Gasteiger partial charge in [0.15, 0.2) is 0 Å². The van der Waals surface area contributed by atoms with E-state index in [0.29, 0.717) is 23.7 Å². The van der Waals surface area contributed by atoms with E-state index in [0.717, 1.165) is 16.9 Å². The molecule has 0 saturated heterocycles. The van der Waals surface area contributed by atoms with Crippen molar-refractivity contribution >= 4 is 18.1 Å². The zero-order valence-corrected chi connectivity index (χ0v) is 18.3. The highest BCUT2D eigenvalue weighted by molar-refractivity contribution is 5.95. The van der Waals surface area contributed by atoms with E-state index >= 15 is 0 Å². The van der Waals surface area contributed by atoms with Crippen molar-refractivity contribution in [2.75, 3.05) is 0 Å². The quantitative estimate of drug-likeness (QED) is 0.382. The van der Waals surface area contributed by atoms with E-state index in [2.05, 4.69) is 36.5 Å². The number of nitrogens with one attached hydrogen (secondary N) is 1. The molecule has 6 nitrogen and oxygen atoms in total. The Morgan fingerprint density at radius 1 is 1.00 bits per heavy atom. The lowest BCUT2D eigenvalue weighted by Gasteiger charge is -2.15. The van der Waals surface area contributed by atoms with Gasteiger partial charge in [0.1, 0.15) is 12.4 Å².